The zero-order chi connectivity index (χ0) is 17.0. The minimum atomic E-state index is -6.30. The van der Waals surface area contributed by atoms with Gasteiger partial charge in [0.05, 0.1) is 0 Å². The van der Waals surface area contributed by atoms with E-state index in [4.69, 9.17) is 0 Å². The van der Waals surface area contributed by atoms with Crippen LogP contribution in [0.25, 0.3) is 17.6 Å². The molecule has 0 amide bonds. The van der Waals surface area contributed by atoms with Crippen LogP contribution in [-0.2, 0) is 3.97 Å². The van der Waals surface area contributed by atoms with Gasteiger partial charge in [0.15, 0.2) is 0 Å². The van der Waals surface area contributed by atoms with Crippen LogP contribution in [0.3, 0.4) is 0 Å². The van der Waals surface area contributed by atoms with Crippen molar-refractivity contribution in [3.05, 3.63) is 48.5 Å². The molecule has 2 aromatic carbocycles. The Balaban J connectivity index is 2.43. The van der Waals surface area contributed by atoms with E-state index in [1.165, 1.54) is 48.5 Å². The van der Waals surface area contributed by atoms with E-state index >= 15 is 0 Å². The quantitative estimate of drug-likeness (QED) is 0.359. The molecule has 0 radical (unpaired) electrons. The van der Waals surface area contributed by atoms with Gasteiger partial charge in [-0.2, -0.15) is 0 Å². The summed E-state index contributed by atoms with van der Waals surface area (Å²) >= 11 is -4.51. The van der Waals surface area contributed by atoms with Gasteiger partial charge in [-0.15, -0.1) is 0 Å². The molecule has 23 heavy (non-hydrogen) atoms. The van der Waals surface area contributed by atoms with Gasteiger partial charge in [0, 0.05) is 0 Å². The molecule has 0 atom stereocenters. The molecule has 0 bridgehead atoms. The molecule has 0 aliphatic heterocycles. The van der Waals surface area contributed by atoms with Crippen molar-refractivity contribution in [3.63, 3.8) is 0 Å². The Morgan fingerprint density at radius 1 is 0.609 bits per heavy atom. The number of hydrogen-bond donors (Lipinski definition) is 0. The van der Waals surface area contributed by atoms with Crippen molar-refractivity contribution in [2.75, 3.05) is 0 Å². The molecule has 0 aliphatic carbocycles. The van der Waals surface area contributed by atoms with Crippen LogP contribution < -0.4 is 0 Å². The van der Waals surface area contributed by atoms with Gasteiger partial charge in [-0.1, -0.05) is 0 Å². The van der Waals surface area contributed by atoms with Gasteiger partial charge in [0.25, 0.3) is 0 Å². The van der Waals surface area contributed by atoms with E-state index < -0.39 is 35.1 Å². The normalized spacial score (nSPS) is 13.9. The molecule has 1 aromatic heterocycles. The molecule has 8 heteroatoms. The van der Waals surface area contributed by atoms with E-state index in [1.54, 1.807) is 0 Å². The van der Waals surface area contributed by atoms with E-state index in [-0.39, 0.29) is 6.80 Å². The van der Waals surface area contributed by atoms with Crippen molar-refractivity contribution in [1.82, 2.24) is 0 Å². The molecule has 1 heterocycles. The average molecular weight is 449 g/mol. The number of halogens is 7. The summed E-state index contributed by atoms with van der Waals surface area (Å²) in [6.07, 6.45) is -6.30. The molecule has 0 nitrogen and oxygen atoms in total. The molecular formula is C15H8F7Te+. The summed E-state index contributed by atoms with van der Waals surface area (Å²) in [7, 11) is 0. The number of rotatable bonds is 2. The first kappa shape index (κ1) is 16.6. The van der Waals surface area contributed by atoms with E-state index in [0.717, 1.165) is 0 Å². The molecule has 3 rings (SSSR count). The van der Waals surface area contributed by atoms with E-state index in [9.17, 15) is 30.7 Å². The summed E-state index contributed by atoms with van der Waals surface area (Å²) in [5.41, 5.74) is 0. The predicted molar refractivity (Wildman–Crippen MR) is 74.2 cm³/mol. The Morgan fingerprint density at radius 3 is 1.39 bits per heavy atom. The number of alkyl halides is 7. The number of benzene rings is 2. The van der Waals surface area contributed by atoms with Gasteiger partial charge in [-0.25, -0.2) is 0 Å². The predicted octanol–water partition coefficient (Wildman–Crippen LogP) is 5.48. The summed E-state index contributed by atoms with van der Waals surface area (Å²) in [6.45, 7) is 0. The first-order valence-corrected chi connectivity index (χ1v) is 9.84. The molecule has 0 spiro atoms. The summed E-state index contributed by atoms with van der Waals surface area (Å²) in [5.74, 6) is -6.07. The molecule has 0 saturated carbocycles. The summed E-state index contributed by atoms with van der Waals surface area (Å²) < 4.78 is 88.1. The second-order valence-electron chi connectivity index (χ2n) is 4.89. The fraction of sp³-hybridized carbons (Fsp3) is 0.200. The summed E-state index contributed by atoms with van der Waals surface area (Å²) in [6, 6.07) is 11.2. The van der Waals surface area contributed by atoms with Crippen LogP contribution in [0.4, 0.5) is 30.7 Å². The van der Waals surface area contributed by atoms with Crippen molar-refractivity contribution in [1.29, 1.82) is 0 Å². The number of fused-ring (bicyclic) bond motifs is 3. The van der Waals surface area contributed by atoms with Gasteiger partial charge in [0.2, 0.25) is 0 Å². The van der Waals surface area contributed by atoms with Gasteiger partial charge in [-0.05, 0) is 0 Å². The second kappa shape index (κ2) is 5.12. The zero-order valence-corrected chi connectivity index (χ0v) is 13.5. The van der Waals surface area contributed by atoms with Crippen molar-refractivity contribution >= 4 is 36.6 Å². The van der Waals surface area contributed by atoms with Gasteiger partial charge in [0.1, 0.15) is 0 Å². The first-order chi connectivity index (χ1) is 10.6. The Labute approximate surface area is 132 Å². The van der Waals surface area contributed by atoms with Crippen LogP contribution in [0.1, 0.15) is 0 Å². The Morgan fingerprint density at radius 2 is 1.00 bits per heavy atom. The summed E-state index contributed by atoms with van der Waals surface area (Å²) in [4.78, 5) is 0. The zero-order valence-electron chi connectivity index (χ0n) is 11.2. The summed E-state index contributed by atoms with van der Waals surface area (Å²) in [5, 5.41) is 0.634. The fourth-order valence-electron chi connectivity index (χ4n) is 2.42. The molecule has 0 aliphatic rings. The second-order valence-corrected chi connectivity index (χ2v) is 10.6. The van der Waals surface area contributed by atoms with E-state index in [2.05, 4.69) is 0 Å². The molecule has 122 valence electrons. The van der Waals surface area contributed by atoms with Crippen LogP contribution >= 0.6 is 0 Å². The van der Waals surface area contributed by atoms with Crippen LogP contribution in [0.5, 0.6) is 0 Å². The average Bonchev–Trinajstić information content (AvgIpc) is 2.81. The van der Waals surface area contributed by atoms with E-state index in [1.807, 2.05) is 0 Å². The van der Waals surface area contributed by atoms with Crippen molar-refractivity contribution < 1.29 is 30.7 Å². The third kappa shape index (κ3) is 2.26. The molecule has 3 aromatic rings. The van der Waals surface area contributed by atoms with Gasteiger partial charge >= 0.3 is 132 Å². The van der Waals surface area contributed by atoms with Crippen LogP contribution in [0, 0.1) is 0 Å². The molecule has 0 unspecified atom stereocenters. The van der Waals surface area contributed by atoms with Crippen LogP contribution in [-0.4, -0.2) is 31.2 Å². The molecule has 0 N–H and O–H groups in total. The van der Waals surface area contributed by atoms with Crippen molar-refractivity contribution in [2.45, 2.75) is 16.1 Å². The molecule has 0 fully saturated rings. The van der Waals surface area contributed by atoms with Gasteiger partial charge < -0.3 is 0 Å². The maximum absolute atomic E-state index is 14.4. The standard InChI is InChI=1S/C15H8F7Te/c16-13(17,14(18,19)20)15(21,22)23-11-7-3-1-5-9(11)10-6-2-4-8-12(10)23/h1-8H/q+1. The first-order valence-electron chi connectivity index (χ1n) is 6.34. The maximum atomic E-state index is 14.4. The monoisotopic (exact) mass is 451 g/mol. The van der Waals surface area contributed by atoms with Crippen LogP contribution in [0.2, 0.25) is 0 Å². The van der Waals surface area contributed by atoms with Crippen molar-refractivity contribution in [2.24, 2.45) is 0 Å². The van der Waals surface area contributed by atoms with E-state index in [0.29, 0.717) is 10.8 Å². The SMILES string of the molecule is FC(F)(F)C(F)(F)C(F)(F)[te+]1c2ccccc2c2ccccc21. The Hall–Kier alpha value is -1.26. The third-order valence-electron chi connectivity index (χ3n) is 3.48. The Kier molecular flexibility index (Phi) is 3.69. The third-order valence-corrected chi connectivity index (χ3v) is 10.2. The fourth-order valence-corrected chi connectivity index (χ4v) is 9.23. The molecular weight excluding hydrogens is 441 g/mol. The van der Waals surface area contributed by atoms with Crippen LogP contribution in [0.15, 0.2) is 48.5 Å². The van der Waals surface area contributed by atoms with Crippen molar-refractivity contribution in [3.8, 4) is 0 Å². The Bertz CT molecular complexity index is 823. The molecule has 0 saturated heterocycles. The minimum absolute atomic E-state index is 0.0637. The van der Waals surface area contributed by atoms with Gasteiger partial charge in [-0.3, -0.25) is 0 Å². The number of hydrogen-bond acceptors (Lipinski definition) is 0. The topological polar surface area (TPSA) is 0 Å².